The molecule has 0 aliphatic rings. The van der Waals surface area contributed by atoms with Crippen LogP contribution in [0.3, 0.4) is 0 Å². The van der Waals surface area contributed by atoms with Gasteiger partial charge in [-0.1, -0.05) is 43.6 Å². The maximum atomic E-state index is 11.4. The van der Waals surface area contributed by atoms with Crippen molar-refractivity contribution in [3.63, 3.8) is 0 Å². The van der Waals surface area contributed by atoms with Gasteiger partial charge in [0.15, 0.2) is 0 Å². The van der Waals surface area contributed by atoms with Gasteiger partial charge in [-0.05, 0) is 53.3 Å². The average Bonchev–Trinajstić information content (AvgIpc) is 2.46. The average molecular weight is 289 g/mol. The number of hydrogen-bond donors (Lipinski definition) is 1. The number of carbonyl (C=O) groups is 1. The highest BCUT2D eigenvalue weighted by molar-refractivity contribution is 6.31. The molecule has 0 aliphatic heterocycles. The molecule has 2 rings (SSSR count). The third-order valence-electron chi connectivity index (χ3n) is 3.47. The minimum absolute atomic E-state index is 0.289. The molecule has 0 fully saturated rings. The van der Waals surface area contributed by atoms with Gasteiger partial charge in [-0.25, -0.2) is 4.79 Å². The predicted molar refractivity (Wildman–Crippen MR) is 82.6 cm³/mol. The molecule has 104 valence electrons. The number of aryl methyl sites for hydroxylation is 2. The molecule has 0 radical (unpaired) electrons. The quantitative estimate of drug-likeness (QED) is 0.875. The molecule has 2 aromatic carbocycles. The van der Waals surface area contributed by atoms with E-state index in [1.54, 1.807) is 18.2 Å². The first-order valence-electron chi connectivity index (χ1n) is 6.71. The van der Waals surface area contributed by atoms with Crippen molar-refractivity contribution in [2.45, 2.75) is 26.7 Å². The highest BCUT2D eigenvalue weighted by atomic mass is 35.5. The lowest BCUT2D eigenvalue weighted by Crippen LogP contribution is -2.01. The van der Waals surface area contributed by atoms with Crippen LogP contribution in [0.4, 0.5) is 0 Å². The second kappa shape index (κ2) is 6.10. The molecule has 2 nitrogen and oxygen atoms in total. The van der Waals surface area contributed by atoms with Gasteiger partial charge in [0.1, 0.15) is 0 Å². The van der Waals surface area contributed by atoms with E-state index in [0.29, 0.717) is 10.6 Å². The number of carboxylic acid groups (broad SMARTS) is 1. The van der Waals surface area contributed by atoms with Crippen LogP contribution in [0.25, 0.3) is 11.1 Å². The fraction of sp³-hybridized carbons (Fsp3) is 0.235. The summed E-state index contributed by atoms with van der Waals surface area (Å²) in [5.41, 5.74) is 4.27. The summed E-state index contributed by atoms with van der Waals surface area (Å²) in [5, 5.41) is 9.91. The van der Waals surface area contributed by atoms with Crippen LogP contribution in [-0.2, 0) is 12.8 Å². The van der Waals surface area contributed by atoms with Gasteiger partial charge in [0.25, 0.3) is 0 Å². The van der Waals surface area contributed by atoms with Crippen molar-refractivity contribution in [1.29, 1.82) is 0 Å². The summed E-state index contributed by atoms with van der Waals surface area (Å²) in [5.74, 6) is -0.930. The van der Waals surface area contributed by atoms with Crippen LogP contribution in [0, 0.1) is 0 Å². The maximum absolute atomic E-state index is 11.4. The van der Waals surface area contributed by atoms with Crippen molar-refractivity contribution in [2.75, 3.05) is 0 Å². The lowest BCUT2D eigenvalue weighted by Gasteiger charge is -2.13. The summed E-state index contributed by atoms with van der Waals surface area (Å²) in [6, 6.07) is 11.1. The van der Waals surface area contributed by atoms with Gasteiger partial charge in [0.2, 0.25) is 0 Å². The number of benzene rings is 2. The fourth-order valence-corrected chi connectivity index (χ4v) is 2.50. The largest absolute Gasteiger partial charge is 0.478 e. The van der Waals surface area contributed by atoms with Gasteiger partial charge >= 0.3 is 5.97 Å². The van der Waals surface area contributed by atoms with Gasteiger partial charge < -0.3 is 5.11 Å². The van der Waals surface area contributed by atoms with Gasteiger partial charge in [0, 0.05) is 5.02 Å². The number of halogens is 1. The van der Waals surface area contributed by atoms with Crippen molar-refractivity contribution < 1.29 is 9.90 Å². The van der Waals surface area contributed by atoms with Crippen molar-refractivity contribution in [2.24, 2.45) is 0 Å². The zero-order valence-electron chi connectivity index (χ0n) is 11.6. The molecule has 0 unspecified atom stereocenters. The van der Waals surface area contributed by atoms with Crippen LogP contribution >= 0.6 is 11.6 Å². The molecule has 1 N–H and O–H groups in total. The van der Waals surface area contributed by atoms with Crippen molar-refractivity contribution in [1.82, 2.24) is 0 Å². The van der Waals surface area contributed by atoms with E-state index in [4.69, 9.17) is 11.6 Å². The summed E-state index contributed by atoms with van der Waals surface area (Å²) in [6.07, 6.45) is 1.77. The number of hydrogen-bond acceptors (Lipinski definition) is 1. The van der Waals surface area contributed by atoms with E-state index in [0.717, 1.165) is 24.0 Å². The lowest BCUT2D eigenvalue weighted by atomic mass is 9.92. The van der Waals surface area contributed by atoms with Gasteiger partial charge in [-0.3, -0.25) is 0 Å². The van der Waals surface area contributed by atoms with E-state index in [1.165, 1.54) is 5.56 Å². The topological polar surface area (TPSA) is 37.3 Å². The Kier molecular flexibility index (Phi) is 4.46. The third-order valence-corrected chi connectivity index (χ3v) is 3.70. The molecule has 0 aromatic heterocycles. The van der Waals surface area contributed by atoms with E-state index >= 15 is 0 Å². The van der Waals surface area contributed by atoms with Crippen LogP contribution in [0.15, 0.2) is 36.4 Å². The standard InChI is InChI=1S/C17H17ClO2/c1-3-11-5-6-12(4-2)15(9-11)16-10-13(18)7-8-14(16)17(19)20/h5-10H,3-4H2,1-2H3,(H,19,20). The Morgan fingerprint density at radius 2 is 1.80 bits per heavy atom. The molecule has 20 heavy (non-hydrogen) atoms. The Labute approximate surface area is 124 Å². The Hall–Kier alpha value is -1.80. The second-order valence-corrected chi connectivity index (χ2v) is 5.13. The number of carboxylic acids is 1. The number of rotatable bonds is 4. The first-order chi connectivity index (χ1) is 9.56. The second-order valence-electron chi connectivity index (χ2n) is 4.69. The van der Waals surface area contributed by atoms with E-state index in [9.17, 15) is 9.90 Å². The Morgan fingerprint density at radius 1 is 1.05 bits per heavy atom. The predicted octanol–water partition coefficient (Wildman–Crippen LogP) is 4.83. The minimum atomic E-state index is -0.930. The van der Waals surface area contributed by atoms with Crippen molar-refractivity contribution >= 4 is 17.6 Å². The van der Waals surface area contributed by atoms with Gasteiger partial charge in [-0.15, -0.1) is 0 Å². The van der Waals surface area contributed by atoms with Crippen LogP contribution in [0.5, 0.6) is 0 Å². The number of aromatic carboxylic acids is 1. The van der Waals surface area contributed by atoms with E-state index in [-0.39, 0.29) is 5.56 Å². The first-order valence-corrected chi connectivity index (χ1v) is 7.09. The van der Waals surface area contributed by atoms with Crippen molar-refractivity contribution in [3.05, 3.63) is 58.1 Å². The molecule has 2 aromatic rings. The highest BCUT2D eigenvalue weighted by Gasteiger charge is 2.15. The summed E-state index contributed by atoms with van der Waals surface area (Å²) in [4.78, 5) is 11.4. The molecule has 3 heteroatoms. The third kappa shape index (κ3) is 2.86. The van der Waals surface area contributed by atoms with Crippen LogP contribution in [0.2, 0.25) is 5.02 Å². The molecule has 0 spiro atoms. The Morgan fingerprint density at radius 3 is 2.40 bits per heavy atom. The van der Waals surface area contributed by atoms with Crippen LogP contribution in [0.1, 0.15) is 35.3 Å². The minimum Gasteiger partial charge on any atom is -0.478 e. The SMILES string of the molecule is CCc1ccc(CC)c(-c2cc(Cl)ccc2C(=O)O)c1. The summed E-state index contributed by atoms with van der Waals surface area (Å²) in [7, 11) is 0. The normalized spacial score (nSPS) is 10.6. The van der Waals surface area contributed by atoms with Crippen LogP contribution in [-0.4, -0.2) is 11.1 Å². The first kappa shape index (κ1) is 14.6. The van der Waals surface area contributed by atoms with Gasteiger partial charge in [0.05, 0.1) is 5.56 Å². The summed E-state index contributed by atoms with van der Waals surface area (Å²) in [6.45, 7) is 4.15. The molecule has 0 bridgehead atoms. The molecular weight excluding hydrogens is 272 g/mol. The molecule has 0 aliphatic carbocycles. The van der Waals surface area contributed by atoms with E-state index in [2.05, 4.69) is 32.0 Å². The fourth-order valence-electron chi connectivity index (χ4n) is 2.33. The van der Waals surface area contributed by atoms with E-state index in [1.807, 2.05) is 0 Å². The zero-order chi connectivity index (χ0) is 14.7. The molecular formula is C17H17ClO2. The van der Waals surface area contributed by atoms with Crippen molar-refractivity contribution in [3.8, 4) is 11.1 Å². The van der Waals surface area contributed by atoms with Crippen LogP contribution < -0.4 is 0 Å². The molecule has 0 amide bonds. The lowest BCUT2D eigenvalue weighted by molar-refractivity contribution is 0.0698. The zero-order valence-corrected chi connectivity index (χ0v) is 12.4. The summed E-state index contributed by atoms with van der Waals surface area (Å²) < 4.78 is 0. The van der Waals surface area contributed by atoms with Gasteiger partial charge in [-0.2, -0.15) is 0 Å². The van der Waals surface area contributed by atoms with E-state index < -0.39 is 5.97 Å². The summed E-state index contributed by atoms with van der Waals surface area (Å²) >= 11 is 6.05. The Balaban J connectivity index is 2.72. The maximum Gasteiger partial charge on any atom is 0.336 e. The molecule has 0 saturated carbocycles. The molecule has 0 saturated heterocycles. The monoisotopic (exact) mass is 288 g/mol. The molecule has 0 heterocycles. The Bertz CT molecular complexity index is 647. The smallest absolute Gasteiger partial charge is 0.336 e. The highest BCUT2D eigenvalue weighted by Crippen LogP contribution is 2.31. The molecule has 0 atom stereocenters.